The van der Waals surface area contributed by atoms with Crippen LogP contribution in [0.4, 0.5) is 0 Å². The summed E-state index contributed by atoms with van der Waals surface area (Å²) in [5.74, 6) is 0.0516. The Hall–Kier alpha value is -2.63. The van der Waals surface area contributed by atoms with E-state index in [1.54, 1.807) is 12.1 Å². The molecule has 0 N–H and O–H groups in total. The third-order valence-electron chi connectivity index (χ3n) is 4.68. The molecular formula is C19H23N3O3. The van der Waals surface area contributed by atoms with Crippen LogP contribution < -0.4 is 10.3 Å². The highest BCUT2D eigenvalue weighted by Gasteiger charge is 2.30. The van der Waals surface area contributed by atoms with Crippen molar-refractivity contribution in [2.24, 2.45) is 0 Å². The van der Waals surface area contributed by atoms with Crippen LogP contribution in [0.15, 0.2) is 41.2 Å². The standard InChI is InChI=1S/C19H23N3O3/c1-3-14-9-7-8-12-21(14)19(24)18-16(25-2)13-17(23)22(20-18)15-10-5-4-6-11-15/h4-6,10-11,13-14H,3,7-9,12H2,1-2H3/t14-/m0/s1. The van der Waals surface area contributed by atoms with Gasteiger partial charge in [-0.15, -0.1) is 0 Å². The van der Waals surface area contributed by atoms with Gasteiger partial charge >= 0.3 is 0 Å². The average Bonchev–Trinajstić information content (AvgIpc) is 2.67. The van der Waals surface area contributed by atoms with Gasteiger partial charge in [-0.1, -0.05) is 25.1 Å². The number of hydrogen-bond donors (Lipinski definition) is 0. The summed E-state index contributed by atoms with van der Waals surface area (Å²) in [6.45, 7) is 2.80. The van der Waals surface area contributed by atoms with Crippen molar-refractivity contribution in [3.63, 3.8) is 0 Å². The summed E-state index contributed by atoms with van der Waals surface area (Å²) >= 11 is 0. The number of likely N-dealkylation sites (tertiary alicyclic amines) is 1. The van der Waals surface area contributed by atoms with E-state index in [0.717, 1.165) is 25.7 Å². The summed E-state index contributed by atoms with van der Waals surface area (Å²) < 4.78 is 6.53. The molecule has 132 valence electrons. The minimum atomic E-state index is -0.328. The highest BCUT2D eigenvalue weighted by molar-refractivity contribution is 5.95. The van der Waals surface area contributed by atoms with E-state index in [2.05, 4.69) is 12.0 Å². The van der Waals surface area contributed by atoms with Gasteiger partial charge in [-0.3, -0.25) is 9.59 Å². The maximum absolute atomic E-state index is 13.1. The quantitative estimate of drug-likeness (QED) is 0.857. The average molecular weight is 341 g/mol. The molecule has 1 saturated heterocycles. The molecule has 1 aromatic heterocycles. The molecule has 0 unspecified atom stereocenters. The first-order chi connectivity index (χ1) is 12.2. The number of methoxy groups -OCH3 is 1. The van der Waals surface area contributed by atoms with E-state index in [4.69, 9.17) is 4.74 Å². The first kappa shape index (κ1) is 17.2. The Balaban J connectivity index is 2.05. The molecule has 2 heterocycles. The molecule has 0 aliphatic carbocycles. The number of ether oxygens (including phenoxy) is 1. The SMILES string of the molecule is CC[C@H]1CCCCN1C(=O)c1nn(-c2ccccc2)c(=O)cc1OC. The number of para-hydroxylation sites is 1. The minimum absolute atomic E-state index is 0.173. The first-order valence-electron chi connectivity index (χ1n) is 8.70. The zero-order valence-electron chi connectivity index (χ0n) is 14.6. The normalized spacial score (nSPS) is 17.4. The van der Waals surface area contributed by atoms with Gasteiger partial charge in [0, 0.05) is 12.6 Å². The first-order valence-corrected chi connectivity index (χ1v) is 8.70. The van der Waals surface area contributed by atoms with Gasteiger partial charge in [0.05, 0.1) is 18.9 Å². The smallest absolute Gasteiger partial charge is 0.278 e. The van der Waals surface area contributed by atoms with Crippen molar-refractivity contribution in [1.29, 1.82) is 0 Å². The molecule has 1 aromatic carbocycles. The van der Waals surface area contributed by atoms with E-state index in [9.17, 15) is 9.59 Å². The highest BCUT2D eigenvalue weighted by atomic mass is 16.5. The fourth-order valence-electron chi connectivity index (χ4n) is 3.33. The number of piperidine rings is 1. The third kappa shape index (κ3) is 3.43. The predicted molar refractivity (Wildman–Crippen MR) is 95.4 cm³/mol. The predicted octanol–water partition coefficient (Wildman–Crippen LogP) is 2.65. The van der Waals surface area contributed by atoms with Crippen LogP contribution in [0.25, 0.3) is 5.69 Å². The van der Waals surface area contributed by atoms with Crippen LogP contribution in [-0.4, -0.2) is 40.3 Å². The summed E-state index contributed by atoms with van der Waals surface area (Å²) in [6, 6.07) is 10.6. The fraction of sp³-hybridized carbons (Fsp3) is 0.421. The molecule has 1 aliphatic heterocycles. The lowest BCUT2D eigenvalue weighted by atomic mass is 9.99. The molecule has 0 bridgehead atoms. The van der Waals surface area contributed by atoms with Crippen molar-refractivity contribution in [2.75, 3.05) is 13.7 Å². The molecule has 3 rings (SSSR count). The van der Waals surface area contributed by atoms with Crippen molar-refractivity contribution >= 4 is 5.91 Å². The van der Waals surface area contributed by atoms with E-state index in [1.807, 2.05) is 23.1 Å². The lowest BCUT2D eigenvalue weighted by Gasteiger charge is -2.35. The number of hydrogen-bond acceptors (Lipinski definition) is 4. The summed E-state index contributed by atoms with van der Waals surface area (Å²) in [4.78, 5) is 27.3. The largest absolute Gasteiger partial charge is 0.494 e. The van der Waals surface area contributed by atoms with E-state index < -0.39 is 0 Å². The Labute approximate surface area is 147 Å². The number of benzene rings is 1. The number of nitrogens with zero attached hydrogens (tertiary/aromatic N) is 3. The molecule has 1 aliphatic rings. The molecule has 0 radical (unpaired) electrons. The van der Waals surface area contributed by atoms with Gasteiger partial charge in [0.25, 0.3) is 11.5 Å². The minimum Gasteiger partial charge on any atom is -0.494 e. The number of aromatic nitrogens is 2. The van der Waals surface area contributed by atoms with Gasteiger partial charge < -0.3 is 9.64 Å². The monoisotopic (exact) mass is 341 g/mol. The van der Waals surface area contributed by atoms with Crippen molar-refractivity contribution in [2.45, 2.75) is 38.6 Å². The molecule has 6 nitrogen and oxygen atoms in total. The van der Waals surface area contributed by atoms with Crippen LogP contribution in [0.1, 0.15) is 43.1 Å². The number of carbonyl (C=O) groups excluding carboxylic acids is 1. The Morgan fingerprint density at radius 3 is 2.72 bits per heavy atom. The highest BCUT2D eigenvalue weighted by Crippen LogP contribution is 2.24. The molecule has 0 spiro atoms. The molecule has 6 heteroatoms. The summed E-state index contributed by atoms with van der Waals surface area (Å²) in [5.41, 5.74) is 0.478. The van der Waals surface area contributed by atoms with Crippen molar-refractivity contribution in [3.8, 4) is 11.4 Å². The summed E-state index contributed by atoms with van der Waals surface area (Å²) in [6.07, 6.45) is 4.04. The van der Waals surface area contributed by atoms with Gasteiger partial charge in [-0.2, -0.15) is 9.78 Å². The fourth-order valence-corrected chi connectivity index (χ4v) is 3.33. The van der Waals surface area contributed by atoms with Crippen LogP contribution in [0.3, 0.4) is 0 Å². The molecule has 1 amide bonds. The van der Waals surface area contributed by atoms with Gasteiger partial charge in [0.2, 0.25) is 0 Å². The molecule has 2 aromatic rings. The van der Waals surface area contributed by atoms with E-state index in [0.29, 0.717) is 12.2 Å². The third-order valence-corrected chi connectivity index (χ3v) is 4.68. The van der Waals surface area contributed by atoms with Crippen molar-refractivity contribution < 1.29 is 9.53 Å². The van der Waals surface area contributed by atoms with Crippen LogP contribution >= 0.6 is 0 Å². The lowest BCUT2D eigenvalue weighted by Crippen LogP contribution is -2.44. The molecule has 1 atom stereocenters. The van der Waals surface area contributed by atoms with Gasteiger partial charge in [0.15, 0.2) is 11.4 Å². The Morgan fingerprint density at radius 1 is 1.28 bits per heavy atom. The van der Waals surface area contributed by atoms with Gasteiger partial charge in [0.1, 0.15) is 0 Å². The lowest BCUT2D eigenvalue weighted by molar-refractivity contribution is 0.0596. The number of carbonyl (C=O) groups is 1. The topological polar surface area (TPSA) is 64.4 Å². The molecule has 1 fully saturated rings. The molecule has 0 saturated carbocycles. The van der Waals surface area contributed by atoms with E-state index >= 15 is 0 Å². The number of amides is 1. The second-order valence-corrected chi connectivity index (χ2v) is 6.20. The maximum Gasteiger partial charge on any atom is 0.278 e. The van der Waals surface area contributed by atoms with Crippen LogP contribution in [0.2, 0.25) is 0 Å². The molecule has 25 heavy (non-hydrogen) atoms. The van der Waals surface area contributed by atoms with Crippen molar-refractivity contribution in [1.82, 2.24) is 14.7 Å². The second kappa shape index (κ2) is 7.51. The molecular weight excluding hydrogens is 318 g/mol. The van der Waals surface area contributed by atoms with Crippen molar-refractivity contribution in [3.05, 3.63) is 52.4 Å². The van der Waals surface area contributed by atoms with Crippen LogP contribution in [0, 0.1) is 0 Å². The Morgan fingerprint density at radius 2 is 2.04 bits per heavy atom. The van der Waals surface area contributed by atoms with Crippen LogP contribution in [0.5, 0.6) is 5.75 Å². The van der Waals surface area contributed by atoms with Crippen LogP contribution in [-0.2, 0) is 0 Å². The van der Waals surface area contributed by atoms with E-state index in [-0.39, 0.29) is 29.0 Å². The zero-order chi connectivity index (χ0) is 17.8. The second-order valence-electron chi connectivity index (χ2n) is 6.20. The Kier molecular flexibility index (Phi) is 5.16. The number of rotatable bonds is 4. The van der Waals surface area contributed by atoms with Gasteiger partial charge in [-0.05, 0) is 37.8 Å². The van der Waals surface area contributed by atoms with Gasteiger partial charge in [-0.25, -0.2) is 0 Å². The summed E-state index contributed by atoms with van der Waals surface area (Å²) in [5, 5.41) is 4.35. The zero-order valence-corrected chi connectivity index (χ0v) is 14.6. The maximum atomic E-state index is 13.1. The van der Waals surface area contributed by atoms with E-state index in [1.165, 1.54) is 17.9 Å². The summed E-state index contributed by atoms with van der Waals surface area (Å²) in [7, 11) is 1.45. The Bertz CT molecular complexity index is 801.